The molecule has 1 aromatic rings. The number of halogens is 1. The average Bonchev–Trinajstić information content (AvgIpc) is 2.14. The maximum Gasteiger partial charge on any atom is 0.122 e. The largest absolute Gasteiger partial charge is 0.496 e. The van der Waals surface area contributed by atoms with Gasteiger partial charge in [-0.1, -0.05) is 6.07 Å². The number of benzene rings is 1. The number of methoxy groups -OCH3 is 1. The van der Waals surface area contributed by atoms with Crippen LogP contribution in [0.1, 0.15) is 16.7 Å². The molecule has 0 aliphatic rings. The average molecular weight is 216 g/mol. The lowest BCUT2D eigenvalue weighted by Crippen LogP contribution is -2.05. The van der Waals surface area contributed by atoms with Crippen LogP contribution in [0.25, 0.3) is 0 Å². The third-order valence-corrected chi connectivity index (χ3v) is 2.48. The van der Waals surface area contributed by atoms with Crippen LogP contribution >= 0.6 is 12.4 Å². The standard InChI is InChI=1S/C11H17NO.ClH/c1-8-9(2)11(13-3)5-4-10(8)6-7-12;/h4-5H,6-7,12H2,1-3H3;1H. The highest BCUT2D eigenvalue weighted by Crippen LogP contribution is 2.23. The predicted octanol–water partition coefficient (Wildman–Crippen LogP) is 2.24. The maximum atomic E-state index is 5.52. The molecule has 0 saturated carbocycles. The quantitative estimate of drug-likeness (QED) is 0.840. The summed E-state index contributed by atoms with van der Waals surface area (Å²) in [6.07, 6.45) is 0.941. The Morgan fingerprint density at radius 2 is 1.86 bits per heavy atom. The summed E-state index contributed by atoms with van der Waals surface area (Å²) < 4.78 is 5.23. The van der Waals surface area contributed by atoms with E-state index in [0.717, 1.165) is 12.2 Å². The molecule has 0 radical (unpaired) electrons. The number of ether oxygens (including phenoxy) is 1. The van der Waals surface area contributed by atoms with Crippen molar-refractivity contribution in [2.45, 2.75) is 20.3 Å². The Balaban J connectivity index is 0.00000169. The van der Waals surface area contributed by atoms with Crippen LogP contribution in [0.3, 0.4) is 0 Å². The summed E-state index contributed by atoms with van der Waals surface area (Å²) in [5.41, 5.74) is 9.35. The van der Waals surface area contributed by atoms with E-state index in [1.165, 1.54) is 16.7 Å². The van der Waals surface area contributed by atoms with Crippen LogP contribution < -0.4 is 10.5 Å². The number of rotatable bonds is 3. The van der Waals surface area contributed by atoms with Crippen LogP contribution in [-0.2, 0) is 6.42 Å². The number of hydrogen-bond donors (Lipinski definition) is 1. The summed E-state index contributed by atoms with van der Waals surface area (Å²) in [5.74, 6) is 0.957. The van der Waals surface area contributed by atoms with Crippen molar-refractivity contribution in [2.75, 3.05) is 13.7 Å². The molecule has 0 atom stereocenters. The summed E-state index contributed by atoms with van der Waals surface area (Å²) in [6, 6.07) is 4.10. The van der Waals surface area contributed by atoms with Crippen molar-refractivity contribution in [3.8, 4) is 5.75 Å². The van der Waals surface area contributed by atoms with E-state index < -0.39 is 0 Å². The Hall–Kier alpha value is -0.730. The first-order valence-corrected chi connectivity index (χ1v) is 4.53. The van der Waals surface area contributed by atoms with E-state index in [0.29, 0.717) is 6.54 Å². The van der Waals surface area contributed by atoms with Crippen LogP contribution in [-0.4, -0.2) is 13.7 Å². The molecule has 3 heteroatoms. The molecule has 2 N–H and O–H groups in total. The van der Waals surface area contributed by atoms with Gasteiger partial charge < -0.3 is 10.5 Å². The van der Waals surface area contributed by atoms with E-state index in [2.05, 4.69) is 19.9 Å². The van der Waals surface area contributed by atoms with Gasteiger partial charge in [-0.3, -0.25) is 0 Å². The van der Waals surface area contributed by atoms with Gasteiger partial charge >= 0.3 is 0 Å². The van der Waals surface area contributed by atoms with Crippen molar-refractivity contribution in [3.05, 3.63) is 28.8 Å². The zero-order valence-corrected chi connectivity index (χ0v) is 9.78. The molecule has 0 spiro atoms. The monoisotopic (exact) mass is 215 g/mol. The topological polar surface area (TPSA) is 35.2 Å². The molecule has 1 rings (SSSR count). The van der Waals surface area contributed by atoms with Gasteiger partial charge in [0.2, 0.25) is 0 Å². The van der Waals surface area contributed by atoms with E-state index >= 15 is 0 Å². The van der Waals surface area contributed by atoms with Gasteiger partial charge in [-0.15, -0.1) is 12.4 Å². The molecule has 0 aliphatic carbocycles. The summed E-state index contributed by atoms with van der Waals surface area (Å²) >= 11 is 0. The molecular formula is C11H18ClNO. The Kier molecular flexibility index (Phi) is 5.58. The highest BCUT2D eigenvalue weighted by molar-refractivity contribution is 5.85. The second kappa shape index (κ2) is 5.89. The van der Waals surface area contributed by atoms with Gasteiger partial charge in [0.25, 0.3) is 0 Å². The van der Waals surface area contributed by atoms with Crippen molar-refractivity contribution in [1.29, 1.82) is 0 Å². The SMILES string of the molecule is COc1ccc(CCN)c(C)c1C.Cl. The molecule has 14 heavy (non-hydrogen) atoms. The molecule has 0 heterocycles. The fourth-order valence-electron chi connectivity index (χ4n) is 1.50. The Bertz CT molecular complexity index is 300. The third kappa shape index (κ3) is 2.63. The maximum absolute atomic E-state index is 5.52. The molecular weight excluding hydrogens is 198 g/mol. The second-order valence-electron chi connectivity index (χ2n) is 3.22. The molecule has 0 bridgehead atoms. The van der Waals surface area contributed by atoms with E-state index in [9.17, 15) is 0 Å². The van der Waals surface area contributed by atoms with Gasteiger partial charge in [0, 0.05) is 0 Å². The van der Waals surface area contributed by atoms with Gasteiger partial charge in [0.1, 0.15) is 5.75 Å². The second-order valence-corrected chi connectivity index (χ2v) is 3.22. The molecule has 2 nitrogen and oxygen atoms in total. The summed E-state index contributed by atoms with van der Waals surface area (Å²) in [4.78, 5) is 0. The first kappa shape index (κ1) is 13.3. The summed E-state index contributed by atoms with van der Waals surface area (Å²) in [7, 11) is 1.70. The highest BCUT2D eigenvalue weighted by atomic mass is 35.5. The molecule has 0 aromatic heterocycles. The van der Waals surface area contributed by atoms with E-state index in [1.807, 2.05) is 6.07 Å². The van der Waals surface area contributed by atoms with Crippen LogP contribution in [0.15, 0.2) is 12.1 Å². The van der Waals surface area contributed by atoms with E-state index in [1.54, 1.807) is 7.11 Å². The first-order valence-electron chi connectivity index (χ1n) is 4.53. The van der Waals surface area contributed by atoms with E-state index in [4.69, 9.17) is 10.5 Å². The van der Waals surface area contributed by atoms with Crippen LogP contribution in [0.2, 0.25) is 0 Å². The molecule has 0 amide bonds. The van der Waals surface area contributed by atoms with Crippen molar-refractivity contribution < 1.29 is 4.74 Å². The minimum absolute atomic E-state index is 0. The lowest BCUT2D eigenvalue weighted by Gasteiger charge is -2.11. The van der Waals surface area contributed by atoms with Crippen molar-refractivity contribution in [3.63, 3.8) is 0 Å². The lowest BCUT2D eigenvalue weighted by molar-refractivity contribution is 0.411. The first-order chi connectivity index (χ1) is 6.20. The van der Waals surface area contributed by atoms with Gasteiger partial charge in [0.05, 0.1) is 7.11 Å². The fraction of sp³-hybridized carbons (Fsp3) is 0.455. The van der Waals surface area contributed by atoms with E-state index in [-0.39, 0.29) is 12.4 Å². The lowest BCUT2D eigenvalue weighted by atomic mass is 10.0. The Morgan fingerprint density at radius 1 is 1.21 bits per heavy atom. The van der Waals surface area contributed by atoms with Crippen molar-refractivity contribution in [1.82, 2.24) is 0 Å². The van der Waals surface area contributed by atoms with Crippen molar-refractivity contribution in [2.24, 2.45) is 5.73 Å². The number of nitrogens with two attached hydrogens (primary N) is 1. The normalized spacial score (nSPS) is 9.43. The Morgan fingerprint density at radius 3 is 2.36 bits per heavy atom. The highest BCUT2D eigenvalue weighted by Gasteiger charge is 2.05. The molecule has 80 valence electrons. The van der Waals surface area contributed by atoms with Gasteiger partial charge in [-0.05, 0) is 49.6 Å². The molecule has 0 aliphatic heterocycles. The molecule has 0 fully saturated rings. The summed E-state index contributed by atoms with van der Waals surface area (Å²) in [6.45, 7) is 4.89. The van der Waals surface area contributed by atoms with Crippen LogP contribution in [0, 0.1) is 13.8 Å². The Labute approximate surface area is 91.9 Å². The van der Waals surface area contributed by atoms with Crippen LogP contribution in [0.4, 0.5) is 0 Å². The molecule has 0 unspecified atom stereocenters. The smallest absolute Gasteiger partial charge is 0.122 e. The van der Waals surface area contributed by atoms with Gasteiger partial charge in [0.15, 0.2) is 0 Å². The molecule has 0 saturated heterocycles. The summed E-state index contributed by atoms with van der Waals surface area (Å²) in [5, 5.41) is 0. The van der Waals surface area contributed by atoms with Gasteiger partial charge in [-0.25, -0.2) is 0 Å². The fourth-order valence-corrected chi connectivity index (χ4v) is 1.50. The zero-order valence-electron chi connectivity index (χ0n) is 8.96. The molecule has 1 aromatic carbocycles. The van der Waals surface area contributed by atoms with Crippen molar-refractivity contribution >= 4 is 12.4 Å². The van der Waals surface area contributed by atoms with Crippen LogP contribution in [0.5, 0.6) is 5.75 Å². The predicted molar refractivity (Wildman–Crippen MR) is 62.5 cm³/mol. The minimum atomic E-state index is 0. The van der Waals surface area contributed by atoms with Gasteiger partial charge in [-0.2, -0.15) is 0 Å². The number of hydrogen-bond acceptors (Lipinski definition) is 2. The zero-order chi connectivity index (χ0) is 9.84. The third-order valence-electron chi connectivity index (χ3n) is 2.48. The minimum Gasteiger partial charge on any atom is -0.496 e.